The number of hydrogen-bond donors (Lipinski definition) is 2. The van der Waals surface area contributed by atoms with Crippen LogP contribution in [0.25, 0.3) is 0 Å². The highest BCUT2D eigenvalue weighted by Gasteiger charge is 2.30. The van der Waals surface area contributed by atoms with Gasteiger partial charge in [-0.15, -0.1) is 0 Å². The zero-order valence-corrected chi connectivity index (χ0v) is 12.5. The van der Waals surface area contributed by atoms with Gasteiger partial charge in [0.15, 0.2) is 0 Å². The zero-order valence-electron chi connectivity index (χ0n) is 12.5. The van der Waals surface area contributed by atoms with Gasteiger partial charge in [0.25, 0.3) is 0 Å². The maximum Gasteiger partial charge on any atom is 0.249 e. The Kier molecular flexibility index (Phi) is 4.78. The van der Waals surface area contributed by atoms with Crippen molar-refractivity contribution in [1.82, 2.24) is 5.32 Å². The highest BCUT2D eigenvalue weighted by molar-refractivity contribution is 5.81. The second kappa shape index (κ2) is 6.37. The molecule has 2 rings (SSSR count). The Bertz CT molecular complexity index is 487. The first-order chi connectivity index (χ1) is 9.51. The lowest BCUT2D eigenvalue weighted by Gasteiger charge is -2.20. The molecule has 0 saturated carbocycles. The molecule has 0 aliphatic carbocycles. The first-order valence-corrected chi connectivity index (χ1v) is 7.24. The third-order valence-corrected chi connectivity index (χ3v) is 3.92. The van der Waals surface area contributed by atoms with Crippen LogP contribution in [0.4, 0.5) is 0 Å². The molecule has 1 aliphatic rings. The third-order valence-electron chi connectivity index (χ3n) is 3.92. The number of amides is 1. The van der Waals surface area contributed by atoms with E-state index in [2.05, 4.69) is 37.4 Å². The molecule has 1 aromatic carbocycles. The second-order valence-electron chi connectivity index (χ2n) is 5.65. The van der Waals surface area contributed by atoms with Crippen molar-refractivity contribution in [3.63, 3.8) is 0 Å². The number of aryl methyl sites for hydroxylation is 2. The van der Waals surface area contributed by atoms with Crippen molar-refractivity contribution in [2.75, 3.05) is 6.54 Å². The molecule has 1 heterocycles. The molecular formula is C16H24N2O2. The van der Waals surface area contributed by atoms with Crippen LogP contribution in [-0.4, -0.2) is 24.7 Å². The van der Waals surface area contributed by atoms with E-state index in [4.69, 9.17) is 10.5 Å². The molecule has 20 heavy (non-hydrogen) atoms. The minimum absolute atomic E-state index is 0.0112. The summed E-state index contributed by atoms with van der Waals surface area (Å²) in [5, 5.41) is 3.05. The quantitative estimate of drug-likeness (QED) is 0.884. The van der Waals surface area contributed by atoms with Crippen molar-refractivity contribution in [3.05, 3.63) is 34.9 Å². The van der Waals surface area contributed by atoms with Crippen LogP contribution in [0.2, 0.25) is 0 Å². The first kappa shape index (κ1) is 15.0. The highest BCUT2D eigenvalue weighted by atomic mass is 16.5. The zero-order chi connectivity index (χ0) is 14.7. The SMILES string of the molecule is Cc1ccc(C)c(C(C)NC(=O)C2CCC(CN)O2)c1. The summed E-state index contributed by atoms with van der Waals surface area (Å²) in [6, 6.07) is 6.28. The average Bonchev–Trinajstić information content (AvgIpc) is 2.90. The number of ether oxygens (including phenoxy) is 1. The Balaban J connectivity index is 1.99. The van der Waals surface area contributed by atoms with Crippen LogP contribution >= 0.6 is 0 Å². The van der Waals surface area contributed by atoms with Crippen molar-refractivity contribution >= 4 is 5.91 Å². The summed E-state index contributed by atoms with van der Waals surface area (Å²) >= 11 is 0. The van der Waals surface area contributed by atoms with Gasteiger partial charge < -0.3 is 15.8 Å². The van der Waals surface area contributed by atoms with E-state index in [-0.39, 0.29) is 24.2 Å². The van der Waals surface area contributed by atoms with Crippen LogP contribution in [0.5, 0.6) is 0 Å². The molecule has 0 bridgehead atoms. The van der Waals surface area contributed by atoms with E-state index in [1.54, 1.807) is 0 Å². The van der Waals surface area contributed by atoms with Gasteiger partial charge in [0.1, 0.15) is 6.10 Å². The molecule has 1 saturated heterocycles. The fourth-order valence-electron chi connectivity index (χ4n) is 2.68. The Morgan fingerprint density at radius 2 is 2.20 bits per heavy atom. The second-order valence-corrected chi connectivity index (χ2v) is 5.65. The van der Waals surface area contributed by atoms with Gasteiger partial charge in [-0.05, 0) is 44.7 Å². The molecule has 0 spiro atoms. The summed E-state index contributed by atoms with van der Waals surface area (Å²) in [4.78, 5) is 12.2. The van der Waals surface area contributed by atoms with Crippen molar-refractivity contribution < 1.29 is 9.53 Å². The molecule has 1 amide bonds. The van der Waals surface area contributed by atoms with Crippen LogP contribution in [0, 0.1) is 13.8 Å². The normalized spacial score (nSPS) is 23.6. The smallest absolute Gasteiger partial charge is 0.249 e. The van der Waals surface area contributed by atoms with Gasteiger partial charge in [0.2, 0.25) is 5.91 Å². The van der Waals surface area contributed by atoms with Gasteiger partial charge in [0, 0.05) is 6.54 Å². The summed E-state index contributed by atoms with van der Waals surface area (Å²) in [6.45, 7) is 6.61. The van der Waals surface area contributed by atoms with Crippen molar-refractivity contribution in [2.24, 2.45) is 5.73 Å². The van der Waals surface area contributed by atoms with Crippen LogP contribution in [-0.2, 0) is 9.53 Å². The predicted molar refractivity (Wildman–Crippen MR) is 79.4 cm³/mol. The lowest BCUT2D eigenvalue weighted by Crippen LogP contribution is -2.37. The number of carbonyl (C=O) groups is 1. The van der Waals surface area contributed by atoms with E-state index < -0.39 is 0 Å². The van der Waals surface area contributed by atoms with Crippen molar-refractivity contribution in [3.8, 4) is 0 Å². The van der Waals surface area contributed by atoms with Crippen molar-refractivity contribution in [2.45, 2.75) is 51.9 Å². The maximum absolute atomic E-state index is 12.2. The van der Waals surface area contributed by atoms with Gasteiger partial charge in [-0.1, -0.05) is 23.8 Å². The van der Waals surface area contributed by atoms with Crippen LogP contribution in [0.1, 0.15) is 42.5 Å². The molecule has 3 atom stereocenters. The average molecular weight is 276 g/mol. The molecule has 4 heteroatoms. The molecule has 4 nitrogen and oxygen atoms in total. The molecule has 110 valence electrons. The van der Waals surface area contributed by atoms with E-state index in [9.17, 15) is 4.79 Å². The van der Waals surface area contributed by atoms with E-state index in [1.807, 2.05) is 6.92 Å². The summed E-state index contributed by atoms with van der Waals surface area (Å²) < 4.78 is 5.63. The van der Waals surface area contributed by atoms with Gasteiger partial charge in [0.05, 0.1) is 12.1 Å². The molecule has 0 radical (unpaired) electrons. The number of benzene rings is 1. The Labute approximate surface area is 120 Å². The molecule has 3 unspecified atom stereocenters. The summed E-state index contributed by atoms with van der Waals surface area (Å²) in [5.41, 5.74) is 9.12. The summed E-state index contributed by atoms with van der Waals surface area (Å²) in [6.07, 6.45) is 1.30. The third kappa shape index (κ3) is 3.38. The first-order valence-electron chi connectivity index (χ1n) is 7.24. The largest absolute Gasteiger partial charge is 0.364 e. The maximum atomic E-state index is 12.2. The van der Waals surface area contributed by atoms with Gasteiger partial charge >= 0.3 is 0 Å². The van der Waals surface area contributed by atoms with E-state index in [0.717, 1.165) is 18.4 Å². The van der Waals surface area contributed by atoms with E-state index in [1.165, 1.54) is 11.1 Å². The molecule has 1 fully saturated rings. The van der Waals surface area contributed by atoms with Gasteiger partial charge in [-0.3, -0.25) is 4.79 Å². The Morgan fingerprint density at radius 3 is 2.85 bits per heavy atom. The number of nitrogens with two attached hydrogens (primary N) is 1. The topological polar surface area (TPSA) is 64.4 Å². The number of nitrogens with one attached hydrogen (secondary N) is 1. The molecule has 1 aromatic rings. The molecule has 1 aliphatic heterocycles. The fourth-order valence-corrected chi connectivity index (χ4v) is 2.68. The van der Waals surface area contributed by atoms with Crippen LogP contribution in [0.15, 0.2) is 18.2 Å². The summed E-state index contributed by atoms with van der Waals surface area (Å²) in [7, 11) is 0. The minimum Gasteiger partial charge on any atom is -0.364 e. The number of hydrogen-bond acceptors (Lipinski definition) is 3. The van der Waals surface area contributed by atoms with Gasteiger partial charge in [-0.25, -0.2) is 0 Å². The predicted octanol–water partition coefficient (Wildman–Crippen LogP) is 1.99. The molecular weight excluding hydrogens is 252 g/mol. The Hall–Kier alpha value is -1.39. The van der Waals surface area contributed by atoms with Gasteiger partial charge in [-0.2, -0.15) is 0 Å². The lowest BCUT2D eigenvalue weighted by atomic mass is 10.00. The standard InChI is InChI=1S/C16H24N2O2/c1-10-4-5-11(2)14(8-10)12(3)18-16(19)15-7-6-13(9-17)20-15/h4-5,8,12-13,15H,6-7,9,17H2,1-3H3,(H,18,19). The number of rotatable bonds is 4. The Morgan fingerprint density at radius 1 is 1.45 bits per heavy atom. The van der Waals surface area contributed by atoms with Crippen LogP contribution < -0.4 is 11.1 Å². The van der Waals surface area contributed by atoms with E-state index >= 15 is 0 Å². The molecule has 3 N–H and O–H groups in total. The minimum atomic E-state index is -0.351. The number of carbonyl (C=O) groups excluding carboxylic acids is 1. The lowest BCUT2D eigenvalue weighted by molar-refractivity contribution is -0.132. The monoisotopic (exact) mass is 276 g/mol. The van der Waals surface area contributed by atoms with Crippen molar-refractivity contribution in [1.29, 1.82) is 0 Å². The highest BCUT2D eigenvalue weighted by Crippen LogP contribution is 2.22. The fraction of sp³-hybridized carbons (Fsp3) is 0.562. The van der Waals surface area contributed by atoms with Crippen LogP contribution in [0.3, 0.4) is 0 Å². The summed E-state index contributed by atoms with van der Waals surface area (Å²) in [5.74, 6) is -0.0330. The molecule has 0 aromatic heterocycles. The van der Waals surface area contributed by atoms with E-state index in [0.29, 0.717) is 6.54 Å².